The highest BCUT2D eigenvalue weighted by Gasteiger charge is 2.19. The molecular weight excluding hydrogens is 697 g/mol. The van der Waals surface area contributed by atoms with Gasteiger partial charge in [-0.25, -0.2) is 0 Å². The van der Waals surface area contributed by atoms with Crippen molar-refractivity contribution < 1.29 is 28.6 Å². The number of carbonyl (C=O) groups is 3. The Morgan fingerprint density at radius 1 is 0.375 bits per heavy atom. The Balaban J connectivity index is 3.89. The van der Waals surface area contributed by atoms with Gasteiger partial charge in [0.15, 0.2) is 6.10 Å². The lowest BCUT2D eigenvalue weighted by Crippen LogP contribution is -2.30. The van der Waals surface area contributed by atoms with E-state index in [1.165, 1.54) is 103 Å². The first kappa shape index (κ1) is 53.4. The van der Waals surface area contributed by atoms with Crippen LogP contribution in [0, 0.1) is 0 Å². The zero-order chi connectivity index (χ0) is 40.8. The molecule has 0 aromatic rings. The second kappa shape index (κ2) is 45.1. The van der Waals surface area contributed by atoms with Crippen LogP contribution >= 0.6 is 0 Å². The molecule has 1 unspecified atom stereocenters. The Hall–Kier alpha value is -2.63. The van der Waals surface area contributed by atoms with Crippen LogP contribution in [0.3, 0.4) is 0 Å². The summed E-state index contributed by atoms with van der Waals surface area (Å²) in [6.07, 6.45) is 53.1. The quantitative estimate of drug-likeness (QED) is 0.0265. The standard InChI is InChI=1S/C50H88O6/c1-4-7-10-13-15-16-17-18-19-20-21-22-23-24-25-26-27-28-29-30-31-32-33-34-35-38-40-43-49(52)55-46-47(45-54-48(51)42-39-36-12-9-6-3)56-50(53)44-41-37-14-11-8-5-2/h7,10,15-16,18-19,21-22,47H,4-6,8-9,11-14,17,20,23-46H2,1-3H3/b10-7-,16-15-,19-18-,22-21-. The van der Waals surface area contributed by atoms with E-state index < -0.39 is 6.10 Å². The van der Waals surface area contributed by atoms with Gasteiger partial charge in [0.1, 0.15) is 13.2 Å². The van der Waals surface area contributed by atoms with E-state index in [1.807, 2.05) is 0 Å². The molecule has 0 N–H and O–H groups in total. The maximum atomic E-state index is 12.5. The van der Waals surface area contributed by atoms with Crippen LogP contribution in [0.5, 0.6) is 0 Å². The first-order chi connectivity index (χ1) is 27.5. The zero-order valence-corrected chi connectivity index (χ0v) is 36.9. The number of ether oxygens (including phenoxy) is 3. The molecule has 6 heteroatoms. The Morgan fingerprint density at radius 3 is 1.09 bits per heavy atom. The molecule has 0 amide bonds. The molecule has 0 aliphatic carbocycles. The third-order valence-electron chi connectivity index (χ3n) is 10.1. The number of hydrogen-bond donors (Lipinski definition) is 0. The number of carbonyl (C=O) groups excluding carboxylic acids is 3. The van der Waals surface area contributed by atoms with Crippen molar-refractivity contribution in [3.63, 3.8) is 0 Å². The Labute approximate surface area is 346 Å². The lowest BCUT2D eigenvalue weighted by atomic mass is 10.0. The molecule has 0 fully saturated rings. The highest BCUT2D eigenvalue weighted by Crippen LogP contribution is 2.15. The predicted molar refractivity (Wildman–Crippen MR) is 238 cm³/mol. The molecule has 0 aromatic heterocycles. The molecule has 324 valence electrons. The van der Waals surface area contributed by atoms with E-state index >= 15 is 0 Å². The molecule has 0 spiro atoms. The predicted octanol–water partition coefficient (Wildman–Crippen LogP) is 15.1. The van der Waals surface area contributed by atoms with Gasteiger partial charge in [0, 0.05) is 19.3 Å². The SMILES string of the molecule is CC/C=C\C/C=C\C/C=C\C/C=C\CCCCCCCCCCCCCCCCC(=O)OCC(COC(=O)CCCCCCC)OC(=O)CCCCCCCC. The van der Waals surface area contributed by atoms with Crippen molar-refractivity contribution in [2.45, 2.75) is 239 Å². The summed E-state index contributed by atoms with van der Waals surface area (Å²) in [5.74, 6) is -0.896. The molecule has 0 aliphatic rings. The zero-order valence-electron chi connectivity index (χ0n) is 36.9. The van der Waals surface area contributed by atoms with E-state index in [9.17, 15) is 14.4 Å². The second-order valence-electron chi connectivity index (χ2n) is 15.6. The highest BCUT2D eigenvalue weighted by molar-refractivity contribution is 5.71. The Kier molecular flexibility index (Phi) is 43.0. The fraction of sp³-hybridized carbons (Fsp3) is 0.780. The van der Waals surface area contributed by atoms with Gasteiger partial charge >= 0.3 is 17.9 Å². The monoisotopic (exact) mass is 785 g/mol. The third kappa shape index (κ3) is 42.5. The number of allylic oxidation sites excluding steroid dienone is 8. The largest absolute Gasteiger partial charge is 0.462 e. The van der Waals surface area contributed by atoms with Crippen LogP contribution < -0.4 is 0 Å². The minimum absolute atomic E-state index is 0.0719. The van der Waals surface area contributed by atoms with Gasteiger partial charge in [0.2, 0.25) is 0 Å². The summed E-state index contributed by atoms with van der Waals surface area (Å²) in [6, 6.07) is 0. The van der Waals surface area contributed by atoms with Gasteiger partial charge in [-0.15, -0.1) is 0 Å². The Morgan fingerprint density at radius 2 is 0.696 bits per heavy atom. The molecule has 0 bridgehead atoms. The van der Waals surface area contributed by atoms with Gasteiger partial charge in [-0.05, 0) is 57.8 Å². The molecule has 0 aromatic carbocycles. The number of rotatable bonds is 42. The van der Waals surface area contributed by atoms with Gasteiger partial charge in [0.25, 0.3) is 0 Å². The maximum absolute atomic E-state index is 12.5. The summed E-state index contributed by atoms with van der Waals surface area (Å²) in [7, 11) is 0. The average Bonchev–Trinajstić information content (AvgIpc) is 3.19. The van der Waals surface area contributed by atoms with Crippen molar-refractivity contribution >= 4 is 17.9 Å². The average molecular weight is 785 g/mol. The van der Waals surface area contributed by atoms with Crippen molar-refractivity contribution in [3.8, 4) is 0 Å². The van der Waals surface area contributed by atoms with E-state index in [2.05, 4.69) is 69.4 Å². The van der Waals surface area contributed by atoms with Crippen LogP contribution in [0.4, 0.5) is 0 Å². The lowest BCUT2D eigenvalue weighted by Gasteiger charge is -2.18. The smallest absolute Gasteiger partial charge is 0.306 e. The number of esters is 3. The van der Waals surface area contributed by atoms with E-state index in [1.54, 1.807) is 0 Å². The summed E-state index contributed by atoms with van der Waals surface area (Å²) in [4.78, 5) is 37.2. The van der Waals surface area contributed by atoms with Gasteiger partial charge < -0.3 is 14.2 Å². The summed E-state index contributed by atoms with van der Waals surface area (Å²) < 4.78 is 16.5. The second-order valence-corrected chi connectivity index (χ2v) is 15.6. The number of unbranched alkanes of at least 4 members (excludes halogenated alkanes) is 23. The summed E-state index contributed by atoms with van der Waals surface area (Å²) in [6.45, 7) is 6.37. The minimum Gasteiger partial charge on any atom is -0.462 e. The molecule has 0 saturated carbocycles. The molecule has 0 saturated heterocycles. The van der Waals surface area contributed by atoms with Crippen molar-refractivity contribution in [1.82, 2.24) is 0 Å². The topological polar surface area (TPSA) is 78.9 Å². The lowest BCUT2D eigenvalue weighted by molar-refractivity contribution is -0.167. The molecule has 0 heterocycles. The minimum atomic E-state index is -0.761. The maximum Gasteiger partial charge on any atom is 0.306 e. The molecule has 56 heavy (non-hydrogen) atoms. The van der Waals surface area contributed by atoms with E-state index in [-0.39, 0.29) is 31.1 Å². The molecule has 0 radical (unpaired) electrons. The normalized spacial score (nSPS) is 12.4. The highest BCUT2D eigenvalue weighted by atomic mass is 16.6. The van der Waals surface area contributed by atoms with E-state index in [4.69, 9.17) is 14.2 Å². The first-order valence-electron chi connectivity index (χ1n) is 23.6. The van der Waals surface area contributed by atoms with E-state index in [0.29, 0.717) is 19.3 Å². The van der Waals surface area contributed by atoms with Crippen LogP contribution in [0.2, 0.25) is 0 Å². The van der Waals surface area contributed by atoms with Gasteiger partial charge in [0.05, 0.1) is 0 Å². The fourth-order valence-corrected chi connectivity index (χ4v) is 6.55. The molecular formula is C50H88O6. The van der Waals surface area contributed by atoms with Gasteiger partial charge in [-0.2, -0.15) is 0 Å². The van der Waals surface area contributed by atoms with Crippen molar-refractivity contribution in [1.29, 1.82) is 0 Å². The van der Waals surface area contributed by atoms with Crippen molar-refractivity contribution in [3.05, 3.63) is 48.6 Å². The van der Waals surface area contributed by atoms with E-state index in [0.717, 1.165) is 89.9 Å². The van der Waals surface area contributed by atoms with Crippen LogP contribution in [0.1, 0.15) is 233 Å². The van der Waals surface area contributed by atoms with Crippen LogP contribution in [0.25, 0.3) is 0 Å². The molecule has 0 aliphatic heterocycles. The molecule has 6 nitrogen and oxygen atoms in total. The summed E-state index contributed by atoms with van der Waals surface area (Å²) in [5, 5.41) is 0. The molecule has 0 rings (SSSR count). The van der Waals surface area contributed by atoms with Crippen LogP contribution in [-0.4, -0.2) is 37.2 Å². The molecule has 1 atom stereocenters. The Bertz CT molecular complexity index is 996. The van der Waals surface area contributed by atoms with Crippen molar-refractivity contribution in [2.75, 3.05) is 13.2 Å². The summed E-state index contributed by atoms with van der Waals surface area (Å²) in [5.41, 5.74) is 0. The van der Waals surface area contributed by atoms with Gasteiger partial charge in [-0.1, -0.05) is 204 Å². The van der Waals surface area contributed by atoms with Crippen LogP contribution in [-0.2, 0) is 28.6 Å². The van der Waals surface area contributed by atoms with Crippen molar-refractivity contribution in [2.24, 2.45) is 0 Å². The summed E-state index contributed by atoms with van der Waals surface area (Å²) >= 11 is 0. The van der Waals surface area contributed by atoms with Crippen LogP contribution in [0.15, 0.2) is 48.6 Å². The van der Waals surface area contributed by atoms with Gasteiger partial charge in [-0.3, -0.25) is 14.4 Å². The fourth-order valence-electron chi connectivity index (χ4n) is 6.55. The third-order valence-corrected chi connectivity index (χ3v) is 10.1. The first-order valence-corrected chi connectivity index (χ1v) is 23.6. The number of hydrogen-bond acceptors (Lipinski definition) is 6.